The molecule has 0 unspecified atom stereocenters. The number of hydrogen-bond acceptors (Lipinski definition) is 6. The fraction of sp³-hybridized carbons (Fsp3) is 0.652. The molecule has 0 aliphatic carbocycles. The fourth-order valence-electron chi connectivity index (χ4n) is 2.57. The Balaban J connectivity index is 1.89. The normalized spacial score (nSPS) is 10.7. The summed E-state index contributed by atoms with van der Waals surface area (Å²) in [6.45, 7) is 6.62. The fourth-order valence-corrected chi connectivity index (χ4v) is 2.57. The highest BCUT2D eigenvalue weighted by Crippen LogP contribution is 2.13. The average molecular weight is 409 g/mol. The third-order valence-corrected chi connectivity index (χ3v) is 4.27. The van der Waals surface area contributed by atoms with Gasteiger partial charge in [0.15, 0.2) is 0 Å². The zero-order valence-corrected chi connectivity index (χ0v) is 18.0. The van der Waals surface area contributed by atoms with E-state index in [0.717, 1.165) is 18.6 Å². The quantitative estimate of drug-likeness (QED) is 0.213. The zero-order valence-electron chi connectivity index (χ0n) is 18.0. The van der Waals surface area contributed by atoms with E-state index < -0.39 is 0 Å². The molecular formula is C23H36O6. The van der Waals surface area contributed by atoms with Crippen molar-refractivity contribution in [3.8, 4) is 5.75 Å². The van der Waals surface area contributed by atoms with Gasteiger partial charge in [-0.2, -0.15) is 0 Å². The molecule has 0 aromatic heterocycles. The van der Waals surface area contributed by atoms with Gasteiger partial charge < -0.3 is 18.9 Å². The number of carbonyl (C=O) groups excluding carboxylic acids is 2. The monoisotopic (exact) mass is 408 g/mol. The summed E-state index contributed by atoms with van der Waals surface area (Å²) in [5.41, 5.74) is 1.11. The minimum Gasteiger partial charge on any atom is -0.463 e. The first kappa shape index (κ1) is 25.1. The van der Waals surface area contributed by atoms with Crippen LogP contribution >= 0.6 is 0 Å². The molecule has 164 valence electrons. The summed E-state index contributed by atoms with van der Waals surface area (Å²) in [5, 5.41) is 0. The maximum Gasteiger partial charge on any atom is 0.311 e. The van der Waals surface area contributed by atoms with Gasteiger partial charge in [-0.1, -0.05) is 43.9 Å². The van der Waals surface area contributed by atoms with Crippen LogP contribution in [0, 0.1) is 6.92 Å². The van der Waals surface area contributed by atoms with Gasteiger partial charge in [0.25, 0.3) is 0 Å². The van der Waals surface area contributed by atoms with E-state index in [1.807, 2.05) is 19.1 Å². The van der Waals surface area contributed by atoms with Gasteiger partial charge in [-0.25, -0.2) is 0 Å². The van der Waals surface area contributed by atoms with E-state index in [1.165, 1.54) is 19.3 Å². The standard InChI is InChI=1S/C23H36O6/c1-3-4-5-8-15-26-16-17-27-18-19-28-22(24)9-6-7-10-23(25)29-21-13-11-20(2)12-14-21/h11-14H,3-10,15-19H2,1-2H3. The second-order valence-corrected chi connectivity index (χ2v) is 7.00. The van der Waals surface area contributed by atoms with Crippen LogP contribution in [0.2, 0.25) is 0 Å². The Morgan fingerprint density at radius 2 is 1.34 bits per heavy atom. The lowest BCUT2D eigenvalue weighted by molar-refractivity contribution is -0.145. The molecule has 1 aromatic rings. The Hall–Kier alpha value is -1.92. The average Bonchev–Trinajstić information content (AvgIpc) is 2.71. The van der Waals surface area contributed by atoms with Crippen molar-refractivity contribution in [1.29, 1.82) is 0 Å². The van der Waals surface area contributed by atoms with Gasteiger partial charge in [-0.15, -0.1) is 0 Å². The van der Waals surface area contributed by atoms with E-state index in [1.54, 1.807) is 12.1 Å². The van der Waals surface area contributed by atoms with Crippen LogP contribution in [0.4, 0.5) is 0 Å². The molecule has 0 saturated heterocycles. The lowest BCUT2D eigenvalue weighted by Crippen LogP contribution is -2.13. The summed E-state index contributed by atoms with van der Waals surface area (Å²) in [6.07, 6.45) is 6.53. The van der Waals surface area contributed by atoms with Crippen LogP contribution in [0.1, 0.15) is 63.9 Å². The highest BCUT2D eigenvalue weighted by molar-refractivity contribution is 5.72. The molecule has 6 heteroatoms. The molecule has 0 aliphatic heterocycles. The number of hydrogen-bond donors (Lipinski definition) is 0. The molecule has 0 N–H and O–H groups in total. The first-order valence-electron chi connectivity index (χ1n) is 10.7. The van der Waals surface area contributed by atoms with Crippen molar-refractivity contribution >= 4 is 11.9 Å². The molecule has 0 bridgehead atoms. The topological polar surface area (TPSA) is 71.1 Å². The van der Waals surface area contributed by atoms with Crippen molar-refractivity contribution in [3.63, 3.8) is 0 Å². The number of benzene rings is 1. The van der Waals surface area contributed by atoms with Crippen molar-refractivity contribution in [3.05, 3.63) is 29.8 Å². The van der Waals surface area contributed by atoms with Crippen molar-refractivity contribution in [1.82, 2.24) is 0 Å². The number of aryl methyl sites for hydroxylation is 1. The van der Waals surface area contributed by atoms with Crippen LogP contribution in [0.3, 0.4) is 0 Å². The molecule has 0 spiro atoms. The first-order valence-corrected chi connectivity index (χ1v) is 10.7. The van der Waals surface area contributed by atoms with Gasteiger partial charge in [0.2, 0.25) is 0 Å². The van der Waals surface area contributed by atoms with Crippen LogP contribution in [-0.4, -0.2) is 45.0 Å². The van der Waals surface area contributed by atoms with E-state index in [2.05, 4.69) is 6.92 Å². The maximum atomic E-state index is 11.8. The van der Waals surface area contributed by atoms with E-state index in [0.29, 0.717) is 44.8 Å². The third-order valence-electron chi connectivity index (χ3n) is 4.27. The highest BCUT2D eigenvalue weighted by Gasteiger charge is 2.07. The summed E-state index contributed by atoms with van der Waals surface area (Å²) in [5.74, 6) is -0.0159. The summed E-state index contributed by atoms with van der Waals surface area (Å²) in [6, 6.07) is 7.33. The number of unbranched alkanes of at least 4 members (excludes halogenated alkanes) is 4. The van der Waals surface area contributed by atoms with Crippen molar-refractivity contribution in [2.75, 3.05) is 33.0 Å². The summed E-state index contributed by atoms with van der Waals surface area (Å²) in [4.78, 5) is 23.4. The largest absolute Gasteiger partial charge is 0.463 e. The molecule has 0 amide bonds. The van der Waals surface area contributed by atoms with Crippen molar-refractivity contribution < 1.29 is 28.5 Å². The number of ether oxygens (including phenoxy) is 4. The van der Waals surface area contributed by atoms with Crippen LogP contribution in [0.25, 0.3) is 0 Å². The Morgan fingerprint density at radius 1 is 0.724 bits per heavy atom. The Bertz CT molecular complexity index is 555. The molecule has 0 aliphatic rings. The lowest BCUT2D eigenvalue weighted by Gasteiger charge is -2.07. The Morgan fingerprint density at radius 3 is 2.03 bits per heavy atom. The minimum atomic E-state index is -0.289. The second kappa shape index (κ2) is 17.0. The van der Waals surface area contributed by atoms with Crippen LogP contribution in [0.15, 0.2) is 24.3 Å². The van der Waals surface area contributed by atoms with Crippen LogP contribution in [0.5, 0.6) is 5.75 Å². The molecule has 0 atom stereocenters. The molecule has 0 saturated carbocycles. The smallest absolute Gasteiger partial charge is 0.311 e. The van der Waals surface area contributed by atoms with E-state index in [9.17, 15) is 9.59 Å². The van der Waals surface area contributed by atoms with Crippen molar-refractivity contribution in [2.24, 2.45) is 0 Å². The van der Waals surface area contributed by atoms with E-state index >= 15 is 0 Å². The first-order chi connectivity index (χ1) is 14.1. The molecule has 1 rings (SSSR count). The maximum absolute atomic E-state index is 11.8. The Kier molecular flexibility index (Phi) is 14.7. The van der Waals surface area contributed by atoms with Crippen LogP contribution in [-0.2, 0) is 23.8 Å². The predicted molar refractivity (Wildman–Crippen MR) is 112 cm³/mol. The SMILES string of the molecule is CCCCCCOCCOCCOC(=O)CCCCC(=O)Oc1ccc(C)cc1. The minimum absolute atomic E-state index is 0.241. The molecule has 6 nitrogen and oxygen atoms in total. The highest BCUT2D eigenvalue weighted by atomic mass is 16.6. The number of rotatable bonds is 17. The lowest BCUT2D eigenvalue weighted by atomic mass is 10.2. The molecule has 29 heavy (non-hydrogen) atoms. The van der Waals surface area contributed by atoms with Gasteiger partial charge >= 0.3 is 11.9 Å². The number of esters is 2. The second-order valence-electron chi connectivity index (χ2n) is 7.00. The molecule has 0 heterocycles. The summed E-state index contributed by atoms with van der Waals surface area (Å²) >= 11 is 0. The van der Waals surface area contributed by atoms with Gasteiger partial charge in [0.05, 0.1) is 19.8 Å². The van der Waals surface area contributed by atoms with Gasteiger partial charge in [0.1, 0.15) is 12.4 Å². The van der Waals surface area contributed by atoms with Gasteiger partial charge in [-0.3, -0.25) is 9.59 Å². The van der Waals surface area contributed by atoms with E-state index in [4.69, 9.17) is 18.9 Å². The summed E-state index contributed by atoms with van der Waals surface area (Å²) < 4.78 is 21.2. The van der Waals surface area contributed by atoms with E-state index in [-0.39, 0.29) is 25.0 Å². The van der Waals surface area contributed by atoms with Gasteiger partial charge in [-0.05, 0) is 38.3 Å². The number of carbonyl (C=O) groups is 2. The Labute approximate surface area is 174 Å². The molecule has 0 fully saturated rings. The van der Waals surface area contributed by atoms with Crippen molar-refractivity contribution in [2.45, 2.75) is 65.2 Å². The predicted octanol–water partition coefficient (Wildman–Crippen LogP) is 4.62. The summed E-state index contributed by atoms with van der Waals surface area (Å²) in [7, 11) is 0. The van der Waals surface area contributed by atoms with Crippen LogP contribution < -0.4 is 4.74 Å². The third kappa shape index (κ3) is 14.7. The zero-order chi connectivity index (χ0) is 21.2. The van der Waals surface area contributed by atoms with Gasteiger partial charge in [0, 0.05) is 19.4 Å². The molecular weight excluding hydrogens is 372 g/mol. The molecule has 0 radical (unpaired) electrons. The molecule has 1 aromatic carbocycles.